The summed E-state index contributed by atoms with van der Waals surface area (Å²) in [5, 5.41) is 9.23. The van der Waals surface area contributed by atoms with E-state index in [2.05, 4.69) is 5.43 Å². The van der Waals surface area contributed by atoms with Crippen molar-refractivity contribution in [3.05, 3.63) is 30.3 Å². The Morgan fingerprint density at radius 2 is 2.12 bits per heavy atom. The Bertz CT molecular complexity index is 319. The molecule has 1 unspecified atom stereocenters. The van der Waals surface area contributed by atoms with Crippen molar-refractivity contribution < 1.29 is 9.90 Å². The summed E-state index contributed by atoms with van der Waals surface area (Å²) in [5.41, 5.74) is 2.09. The van der Waals surface area contributed by atoms with Gasteiger partial charge in [-0.2, -0.15) is 0 Å². The summed E-state index contributed by atoms with van der Waals surface area (Å²) in [4.78, 5) is 11.1. The number of benzene rings is 1. The Hall–Kier alpha value is -0.871. The van der Waals surface area contributed by atoms with Crippen LogP contribution in [0.4, 0.5) is 0 Å². The fraction of sp³-hybridized carbons (Fsp3) is 0.364. The maximum absolute atomic E-state index is 11.0. The van der Waals surface area contributed by atoms with E-state index in [0.717, 1.165) is 0 Å². The van der Waals surface area contributed by atoms with Crippen LogP contribution < -0.4 is 15.7 Å². The van der Waals surface area contributed by atoms with E-state index >= 15 is 0 Å². The molecular formula is C11H16N2O2Se. The number of carbonyl (C=O) groups is 1. The third-order valence-electron chi connectivity index (χ3n) is 2.10. The Kier molecular flexibility index (Phi) is 6.11. The average molecular weight is 287 g/mol. The second kappa shape index (κ2) is 7.41. The third kappa shape index (κ3) is 4.77. The number of aliphatic hydroxyl groups excluding tert-OH is 1. The summed E-state index contributed by atoms with van der Waals surface area (Å²) in [6.07, 6.45) is 1.05. The van der Waals surface area contributed by atoms with Gasteiger partial charge in [0.1, 0.15) is 0 Å². The first-order chi connectivity index (χ1) is 7.76. The molecule has 0 spiro atoms. The summed E-state index contributed by atoms with van der Waals surface area (Å²) in [6, 6.07) is 10.0. The van der Waals surface area contributed by atoms with Gasteiger partial charge in [-0.05, 0) is 0 Å². The van der Waals surface area contributed by atoms with Crippen molar-refractivity contribution in [2.45, 2.75) is 17.7 Å². The van der Waals surface area contributed by atoms with E-state index in [-0.39, 0.29) is 32.3 Å². The number of hydrazine groups is 1. The first kappa shape index (κ1) is 13.2. The van der Waals surface area contributed by atoms with Gasteiger partial charge in [0, 0.05) is 0 Å². The summed E-state index contributed by atoms with van der Waals surface area (Å²) < 4.78 is 1.24. The first-order valence-corrected chi connectivity index (χ1v) is 6.93. The van der Waals surface area contributed by atoms with Gasteiger partial charge in [0.15, 0.2) is 0 Å². The molecule has 0 saturated carbocycles. The van der Waals surface area contributed by atoms with Crippen molar-refractivity contribution in [1.82, 2.24) is 5.43 Å². The Balaban J connectivity index is 2.40. The predicted molar refractivity (Wildman–Crippen MR) is 64.2 cm³/mol. The number of nitrogens with one attached hydrogen (secondary N) is 1. The summed E-state index contributed by atoms with van der Waals surface area (Å²) >= 11 is 0.199. The molecule has 4 nitrogen and oxygen atoms in total. The molecule has 0 fully saturated rings. The monoisotopic (exact) mass is 288 g/mol. The molecule has 16 heavy (non-hydrogen) atoms. The zero-order valence-electron chi connectivity index (χ0n) is 8.93. The van der Waals surface area contributed by atoms with Crippen LogP contribution >= 0.6 is 0 Å². The molecule has 0 radical (unpaired) electrons. The van der Waals surface area contributed by atoms with Gasteiger partial charge < -0.3 is 0 Å². The van der Waals surface area contributed by atoms with Crippen LogP contribution in [0.5, 0.6) is 0 Å². The average Bonchev–Trinajstić information content (AvgIpc) is 2.35. The Morgan fingerprint density at radius 1 is 1.44 bits per heavy atom. The quantitative estimate of drug-likeness (QED) is 0.287. The SMILES string of the molecule is NNC(=O)CCC(CO)[Se]c1ccccc1. The molecule has 0 bridgehead atoms. The third-order valence-corrected chi connectivity index (χ3v) is 4.75. The maximum atomic E-state index is 11.0. The molecule has 0 saturated heterocycles. The molecule has 1 rings (SSSR count). The second-order valence-electron chi connectivity index (χ2n) is 3.34. The van der Waals surface area contributed by atoms with Gasteiger partial charge in [0.05, 0.1) is 0 Å². The minimum absolute atomic E-state index is 0.118. The van der Waals surface area contributed by atoms with Crippen molar-refractivity contribution >= 4 is 25.3 Å². The van der Waals surface area contributed by atoms with E-state index in [4.69, 9.17) is 5.84 Å². The van der Waals surface area contributed by atoms with Crippen molar-refractivity contribution in [3.63, 3.8) is 0 Å². The van der Waals surface area contributed by atoms with E-state index in [9.17, 15) is 9.90 Å². The molecule has 0 aliphatic rings. The number of hydrogen-bond acceptors (Lipinski definition) is 3. The molecule has 1 atom stereocenters. The van der Waals surface area contributed by atoms with Crippen LogP contribution in [0.2, 0.25) is 4.82 Å². The van der Waals surface area contributed by atoms with Crippen LogP contribution in [-0.4, -0.2) is 32.6 Å². The van der Waals surface area contributed by atoms with Gasteiger partial charge in [0.2, 0.25) is 0 Å². The van der Waals surface area contributed by atoms with Gasteiger partial charge in [-0.1, -0.05) is 0 Å². The number of hydrogen-bond donors (Lipinski definition) is 3. The molecule has 5 heteroatoms. The fourth-order valence-corrected chi connectivity index (χ4v) is 3.36. The molecule has 0 aliphatic carbocycles. The molecule has 88 valence electrons. The second-order valence-corrected chi connectivity index (χ2v) is 6.22. The van der Waals surface area contributed by atoms with E-state index < -0.39 is 0 Å². The van der Waals surface area contributed by atoms with E-state index in [0.29, 0.717) is 12.8 Å². The summed E-state index contributed by atoms with van der Waals surface area (Å²) in [6.45, 7) is 0.118. The fourth-order valence-electron chi connectivity index (χ4n) is 1.24. The molecule has 0 aromatic heterocycles. The van der Waals surface area contributed by atoms with Crippen LogP contribution in [-0.2, 0) is 4.79 Å². The van der Waals surface area contributed by atoms with Crippen LogP contribution in [0.15, 0.2) is 30.3 Å². The zero-order chi connectivity index (χ0) is 11.8. The molecule has 0 aliphatic heterocycles. The predicted octanol–water partition coefficient (Wildman–Crippen LogP) is -0.433. The van der Waals surface area contributed by atoms with E-state index in [1.165, 1.54) is 4.46 Å². The normalized spacial score (nSPS) is 12.1. The van der Waals surface area contributed by atoms with Crippen LogP contribution in [0.25, 0.3) is 0 Å². The van der Waals surface area contributed by atoms with E-state index in [1.54, 1.807) is 0 Å². The minimum atomic E-state index is -0.178. The Labute approximate surface area is 101 Å². The van der Waals surface area contributed by atoms with Crippen LogP contribution in [0.1, 0.15) is 12.8 Å². The van der Waals surface area contributed by atoms with Gasteiger partial charge in [-0.25, -0.2) is 0 Å². The number of aliphatic hydroxyl groups is 1. The van der Waals surface area contributed by atoms with Crippen molar-refractivity contribution in [2.24, 2.45) is 5.84 Å². The molecule has 0 heterocycles. The topological polar surface area (TPSA) is 75.3 Å². The van der Waals surface area contributed by atoms with Gasteiger partial charge in [-0.15, -0.1) is 0 Å². The zero-order valence-corrected chi connectivity index (χ0v) is 10.6. The molecule has 1 aromatic carbocycles. The first-order valence-electron chi connectivity index (χ1n) is 5.08. The van der Waals surface area contributed by atoms with E-state index in [1.807, 2.05) is 30.3 Å². The van der Waals surface area contributed by atoms with Crippen molar-refractivity contribution in [1.29, 1.82) is 0 Å². The van der Waals surface area contributed by atoms with Crippen molar-refractivity contribution in [3.8, 4) is 0 Å². The van der Waals surface area contributed by atoms with Crippen LogP contribution in [0.3, 0.4) is 0 Å². The number of carbonyl (C=O) groups excluding carboxylic acids is 1. The number of rotatable bonds is 6. The molecular weight excluding hydrogens is 271 g/mol. The van der Waals surface area contributed by atoms with Gasteiger partial charge in [-0.3, -0.25) is 0 Å². The molecule has 1 aromatic rings. The van der Waals surface area contributed by atoms with Crippen molar-refractivity contribution in [2.75, 3.05) is 6.61 Å². The summed E-state index contributed by atoms with van der Waals surface area (Å²) in [7, 11) is 0. The number of nitrogens with two attached hydrogens (primary N) is 1. The molecule has 4 N–H and O–H groups in total. The van der Waals surface area contributed by atoms with Gasteiger partial charge in [0.25, 0.3) is 0 Å². The summed E-state index contributed by atoms with van der Waals surface area (Å²) in [5.74, 6) is 4.82. The Morgan fingerprint density at radius 3 is 2.69 bits per heavy atom. The number of amides is 1. The van der Waals surface area contributed by atoms with Crippen LogP contribution in [0, 0.1) is 0 Å². The standard InChI is InChI=1S/C11H16N2O2Se/c12-13-11(15)7-6-10(8-14)16-9-4-2-1-3-5-9/h1-5,10,14H,6-8,12H2,(H,13,15). The molecule has 1 amide bonds. The van der Waals surface area contributed by atoms with Gasteiger partial charge >= 0.3 is 101 Å².